The third-order valence-corrected chi connectivity index (χ3v) is 0.407. The van der Waals surface area contributed by atoms with Gasteiger partial charge in [0.25, 0.3) is 0 Å². The molecule has 0 atom stereocenters. The van der Waals surface area contributed by atoms with Crippen LogP contribution in [0.25, 0.3) is 0 Å². The average Bonchev–Trinajstić information content (AvgIpc) is 1.41. The first-order chi connectivity index (χ1) is 2.41. The molecule has 0 bridgehead atoms. The number of hydrogen-bond acceptors (Lipinski definition) is 1. The van der Waals surface area contributed by atoms with Gasteiger partial charge in [0.15, 0.2) is 0 Å². The van der Waals surface area contributed by atoms with E-state index in [1.807, 2.05) is 6.92 Å². The second kappa shape index (κ2) is 8.86. The minimum absolute atomic E-state index is 0. The van der Waals surface area contributed by atoms with Crippen molar-refractivity contribution in [1.82, 2.24) is 0 Å². The second-order valence-electron chi connectivity index (χ2n) is 0.955. The number of hydrogen-bond donors (Lipinski definition) is 0. The highest BCUT2D eigenvalue weighted by Gasteiger charge is 1.66. The average molecular weight is 104 g/mol. The molecule has 0 fully saturated rings. The minimum atomic E-state index is 0. The van der Waals surface area contributed by atoms with E-state index in [1.54, 1.807) is 0 Å². The molecule has 0 aromatic rings. The van der Waals surface area contributed by atoms with E-state index in [-0.39, 0.29) is 11.0 Å². The van der Waals surface area contributed by atoms with Gasteiger partial charge in [0.2, 0.25) is 0 Å². The lowest BCUT2D eigenvalue weighted by molar-refractivity contribution is -0.107. The molecular formula is C4H12OSi. The van der Waals surface area contributed by atoms with Crippen LogP contribution in [0.3, 0.4) is 0 Å². The Morgan fingerprint density at radius 2 is 2.17 bits per heavy atom. The molecule has 0 spiro atoms. The van der Waals surface area contributed by atoms with Gasteiger partial charge in [-0.2, -0.15) is 0 Å². The maximum atomic E-state index is 9.40. The molecule has 0 aromatic carbocycles. The molecule has 0 rings (SSSR count). The summed E-state index contributed by atoms with van der Waals surface area (Å²) < 4.78 is 0. The lowest BCUT2D eigenvalue weighted by Gasteiger charge is -1.68. The van der Waals surface area contributed by atoms with Crippen LogP contribution in [0.5, 0.6) is 0 Å². The first kappa shape index (κ1) is 9.31. The van der Waals surface area contributed by atoms with Crippen LogP contribution in [-0.4, -0.2) is 17.3 Å². The molecule has 6 heavy (non-hydrogen) atoms. The summed E-state index contributed by atoms with van der Waals surface area (Å²) in [6.07, 6.45) is 2.61. The summed E-state index contributed by atoms with van der Waals surface area (Å²) in [5.74, 6) is 0. The molecule has 0 amide bonds. The van der Waals surface area contributed by atoms with E-state index in [4.69, 9.17) is 0 Å². The highest BCUT2D eigenvalue weighted by molar-refractivity contribution is 5.75. The normalized spacial score (nSPS) is 6.17. The Labute approximate surface area is 42.8 Å². The summed E-state index contributed by atoms with van der Waals surface area (Å²) in [5, 5.41) is 0. The Morgan fingerprint density at radius 3 is 2.17 bits per heavy atom. The fourth-order valence-electron chi connectivity index (χ4n) is 0.118. The van der Waals surface area contributed by atoms with Gasteiger partial charge in [0, 0.05) is 6.42 Å². The van der Waals surface area contributed by atoms with E-state index in [0.717, 1.165) is 12.7 Å². The molecule has 0 saturated carbocycles. The van der Waals surface area contributed by atoms with Crippen LogP contribution in [0.15, 0.2) is 0 Å². The Morgan fingerprint density at radius 1 is 1.67 bits per heavy atom. The van der Waals surface area contributed by atoms with E-state index in [1.165, 1.54) is 0 Å². The minimum Gasteiger partial charge on any atom is -0.303 e. The van der Waals surface area contributed by atoms with Crippen LogP contribution in [0.4, 0.5) is 0 Å². The molecule has 2 heteroatoms. The molecule has 0 N–H and O–H groups in total. The lowest BCUT2D eigenvalue weighted by Crippen LogP contribution is -1.64. The van der Waals surface area contributed by atoms with Gasteiger partial charge in [-0.05, 0) is 17.4 Å². The third kappa shape index (κ3) is 9.10. The van der Waals surface area contributed by atoms with Crippen LogP contribution in [-0.2, 0) is 4.79 Å². The van der Waals surface area contributed by atoms with E-state index in [9.17, 15) is 4.79 Å². The van der Waals surface area contributed by atoms with Crippen molar-refractivity contribution in [2.45, 2.75) is 19.8 Å². The Kier molecular flexibility index (Phi) is 13.7. The summed E-state index contributed by atoms with van der Waals surface area (Å²) in [6, 6.07) is 0. The van der Waals surface area contributed by atoms with Crippen LogP contribution >= 0.6 is 0 Å². The van der Waals surface area contributed by atoms with Gasteiger partial charge in [-0.3, -0.25) is 0 Å². The van der Waals surface area contributed by atoms with Gasteiger partial charge < -0.3 is 4.79 Å². The molecule has 0 heterocycles. The van der Waals surface area contributed by atoms with Crippen molar-refractivity contribution < 1.29 is 4.79 Å². The van der Waals surface area contributed by atoms with Crippen LogP contribution in [0.1, 0.15) is 19.8 Å². The van der Waals surface area contributed by atoms with Gasteiger partial charge in [0.1, 0.15) is 6.29 Å². The molecule has 0 saturated heterocycles. The topological polar surface area (TPSA) is 17.1 Å². The van der Waals surface area contributed by atoms with Crippen LogP contribution in [0.2, 0.25) is 0 Å². The highest BCUT2D eigenvalue weighted by Crippen LogP contribution is 1.74. The number of aldehydes is 1. The van der Waals surface area contributed by atoms with E-state index < -0.39 is 0 Å². The smallest absolute Gasteiger partial charge is 0.119 e. The molecule has 0 aliphatic rings. The van der Waals surface area contributed by atoms with Gasteiger partial charge >= 0.3 is 0 Å². The van der Waals surface area contributed by atoms with E-state index in [0.29, 0.717) is 6.42 Å². The molecule has 0 aliphatic carbocycles. The summed E-state index contributed by atoms with van der Waals surface area (Å²) in [6.45, 7) is 1.98. The standard InChI is InChI=1S/C4H8O.H4Si/c1-2-3-4-5;/h4H,2-3H2,1H3;1H4. The Hall–Kier alpha value is -0.113. The molecule has 38 valence electrons. The fraction of sp³-hybridized carbons (Fsp3) is 0.750. The number of carbonyl (C=O) groups is 1. The molecule has 0 aromatic heterocycles. The molecule has 0 unspecified atom stereocenters. The lowest BCUT2D eigenvalue weighted by atomic mass is 10.4. The zero-order chi connectivity index (χ0) is 4.12. The van der Waals surface area contributed by atoms with Crippen molar-refractivity contribution in [3.05, 3.63) is 0 Å². The van der Waals surface area contributed by atoms with Crippen molar-refractivity contribution in [3.63, 3.8) is 0 Å². The first-order valence-electron chi connectivity index (χ1n) is 1.85. The predicted molar refractivity (Wildman–Crippen MR) is 32.3 cm³/mol. The van der Waals surface area contributed by atoms with Crippen molar-refractivity contribution >= 4 is 17.3 Å². The van der Waals surface area contributed by atoms with E-state index >= 15 is 0 Å². The maximum Gasteiger partial charge on any atom is 0.119 e. The number of carbonyl (C=O) groups excluding carboxylic acids is 1. The zero-order valence-electron chi connectivity index (χ0n) is 3.40. The highest BCUT2D eigenvalue weighted by atomic mass is 28.1. The Balaban J connectivity index is 0. The van der Waals surface area contributed by atoms with Crippen molar-refractivity contribution in [3.8, 4) is 0 Å². The summed E-state index contributed by atoms with van der Waals surface area (Å²) in [7, 11) is 0. The predicted octanol–water partition coefficient (Wildman–Crippen LogP) is -0.466. The largest absolute Gasteiger partial charge is 0.303 e. The fourth-order valence-corrected chi connectivity index (χ4v) is 0.118. The Bertz CT molecular complexity index is 28.7. The molecule has 0 radical (unpaired) electrons. The van der Waals surface area contributed by atoms with Gasteiger partial charge in [0.05, 0.1) is 0 Å². The summed E-state index contributed by atoms with van der Waals surface area (Å²) in [5.41, 5.74) is 0. The van der Waals surface area contributed by atoms with Gasteiger partial charge in [-0.1, -0.05) is 6.92 Å². The molecular weight excluding hydrogens is 92.1 g/mol. The molecule has 1 nitrogen and oxygen atoms in total. The third-order valence-electron chi connectivity index (χ3n) is 0.407. The van der Waals surface area contributed by atoms with Gasteiger partial charge in [-0.25, -0.2) is 0 Å². The summed E-state index contributed by atoms with van der Waals surface area (Å²) >= 11 is 0. The quantitative estimate of drug-likeness (QED) is 0.342. The molecule has 0 aliphatic heterocycles. The van der Waals surface area contributed by atoms with Crippen LogP contribution < -0.4 is 0 Å². The SMILES string of the molecule is CCCC=O.[SiH4]. The first-order valence-corrected chi connectivity index (χ1v) is 1.85. The number of rotatable bonds is 2. The van der Waals surface area contributed by atoms with Crippen molar-refractivity contribution in [2.24, 2.45) is 0 Å². The van der Waals surface area contributed by atoms with Gasteiger partial charge in [-0.15, -0.1) is 0 Å². The van der Waals surface area contributed by atoms with Crippen LogP contribution in [0, 0.1) is 0 Å². The maximum absolute atomic E-state index is 9.40. The second-order valence-corrected chi connectivity index (χ2v) is 0.955. The zero-order valence-corrected chi connectivity index (χ0v) is 3.40. The van der Waals surface area contributed by atoms with E-state index in [2.05, 4.69) is 0 Å². The number of unbranched alkanes of at least 4 members (excludes halogenated alkanes) is 1. The van der Waals surface area contributed by atoms with Crippen molar-refractivity contribution in [2.75, 3.05) is 0 Å². The van der Waals surface area contributed by atoms with Crippen molar-refractivity contribution in [1.29, 1.82) is 0 Å². The summed E-state index contributed by atoms with van der Waals surface area (Å²) in [4.78, 5) is 9.40. The monoisotopic (exact) mass is 104 g/mol.